The molecule has 1 heterocycles. The molecule has 0 unspecified atom stereocenters. The Bertz CT molecular complexity index is 587. The second kappa shape index (κ2) is 6.64. The van der Waals surface area contributed by atoms with Gasteiger partial charge in [-0.05, 0) is 29.8 Å². The molecule has 0 amide bonds. The number of piperazine rings is 1. The molecule has 21 heavy (non-hydrogen) atoms. The largest absolute Gasteiger partial charge is 0.368 e. The second-order valence-electron chi connectivity index (χ2n) is 5.07. The molecule has 0 N–H and O–H groups in total. The third-order valence-corrected chi connectivity index (χ3v) is 3.87. The number of benzene rings is 2. The third kappa shape index (κ3) is 3.76. The summed E-state index contributed by atoms with van der Waals surface area (Å²) in [4.78, 5) is 2.37. The lowest BCUT2D eigenvalue weighted by atomic mass is 10.2. The summed E-state index contributed by atoms with van der Waals surface area (Å²) in [5, 5.41) is 7.46. The molecule has 1 aliphatic rings. The predicted octanol–water partition coefficient (Wildman–Crippen LogP) is 3.50. The fourth-order valence-corrected chi connectivity index (χ4v) is 2.53. The van der Waals surface area contributed by atoms with Crippen molar-refractivity contribution in [3.8, 4) is 0 Å². The van der Waals surface area contributed by atoms with Crippen molar-refractivity contribution in [1.82, 2.24) is 5.01 Å². The van der Waals surface area contributed by atoms with Crippen molar-refractivity contribution in [3.05, 3.63) is 65.2 Å². The normalized spacial score (nSPS) is 15.7. The van der Waals surface area contributed by atoms with Gasteiger partial charge in [-0.15, -0.1) is 0 Å². The van der Waals surface area contributed by atoms with Crippen LogP contribution in [0.4, 0.5) is 5.69 Å². The average Bonchev–Trinajstić information content (AvgIpc) is 2.55. The maximum atomic E-state index is 5.93. The molecule has 0 saturated carbocycles. The van der Waals surface area contributed by atoms with E-state index in [1.54, 1.807) is 0 Å². The zero-order chi connectivity index (χ0) is 14.5. The molecule has 0 atom stereocenters. The van der Waals surface area contributed by atoms with Crippen molar-refractivity contribution < 1.29 is 0 Å². The Labute approximate surface area is 130 Å². The Hall–Kier alpha value is -2.00. The van der Waals surface area contributed by atoms with Crippen LogP contribution in [0.2, 0.25) is 5.02 Å². The van der Waals surface area contributed by atoms with Gasteiger partial charge in [-0.3, -0.25) is 5.01 Å². The van der Waals surface area contributed by atoms with Crippen LogP contribution in [0.3, 0.4) is 0 Å². The van der Waals surface area contributed by atoms with Crippen LogP contribution in [0, 0.1) is 0 Å². The molecule has 2 aromatic carbocycles. The topological polar surface area (TPSA) is 18.8 Å². The van der Waals surface area contributed by atoms with E-state index in [1.807, 2.05) is 36.5 Å². The minimum Gasteiger partial charge on any atom is -0.368 e. The predicted molar refractivity (Wildman–Crippen MR) is 89.3 cm³/mol. The SMILES string of the molecule is Clc1ccc(N2CCN(N=Cc3ccccc3)CC2)cc1. The van der Waals surface area contributed by atoms with Gasteiger partial charge >= 0.3 is 0 Å². The molecule has 0 aromatic heterocycles. The van der Waals surface area contributed by atoms with Crippen molar-refractivity contribution in [2.45, 2.75) is 0 Å². The van der Waals surface area contributed by atoms with E-state index in [4.69, 9.17) is 11.6 Å². The first kappa shape index (κ1) is 14.0. The van der Waals surface area contributed by atoms with E-state index in [0.29, 0.717) is 0 Å². The Morgan fingerprint density at radius 1 is 0.857 bits per heavy atom. The Morgan fingerprint density at radius 2 is 1.52 bits per heavy atom. The Morgan fingerprint density at radius 3 is 2.19 bits per heavy atom. The van der Waals surface area contributed by atoms with E-state index in [0.717, 1.165) is 36.8 Å². The first-order valence-electron chi connectivity index (χ1n) is 7.16. The first-order chi connectivity index (χ1) is 10.3. The monoisotopic (exact) mass is 299 g/mol. The molecule has 2 aromatic rings. The highest BCUT2D eigenvalue weighted by Crippen LogP contribution is 2.19. The first-order valence-corrected chi connectivity index (χ1v) is 7.53. The van der Waals surface area contributed by atoms with Crippen LogP contribution in [-0.4, -0.2) is 37.4 Å². The van der Waals surface area contributed by atoms with Crippen LogP contribution in [0.1, 0.15) is 5.56 Å². The summed E-state index contributed by atoms with van der Waals surface area (Å²) in [6, 6.07) is 18.2. The summed E-state index contributed by atoms with van der Waals surface area (Å²) in [5.74, 6) is 0. The molecule has 0 bridgehead atoms. The van der Waals surface area contributed by atoms with E-state index in [2.05, 4.69) is 39.3 Å². The fourth-order valence-electron chi connectivity index (χ4n) is 2.41. The molecule has 3 rings (SSSR count). The van der Waals surface area contributed by atoms with Gasteiger partial charge in [0.1, 0.15) is 0 Å². The number of rotatable bonds is 3. The Kier molecular flexibility index (Phi) is 4.41. The molecule has 1 fully saturated rings. The standard InChI is InChI=1S/C17H18ClN3/c18-16-6-8-17(9-7-16)20-10-12-21(13-11-20)19-14-15-4-2-1-3-5-15/h1-9,14H,10-13H2. The maximum Gasteiger partial charge on any atom is 0.0542 e. The number of hydrazone groups is 1. The lowest BCUT2D eigenvalue weighted by Crippen LogP contribution is -2.44. The van der Waals surface area contributed by atoms with Crippen LogP contribution < -0.4 is 4.90 Å². The van der Waals surface area contributed by atoms with Crippen molar-refractivity contribution in [2.75, 3.05) is 31.1 Å². The summed E-state index contributed by atoms with van der Waals surface area (Å²) in [7, 11) is 0. The number of halogens is 1. The van der Waals surface area contributed by atoms with Gasteiger partial charge in [-0.2, -0.15) is 5.10 Å². The molecule has 0 aliphatic carbocycles. The lowest BCUT2D eigenvalue weighted by Gasteiger charge is -2.34. The van der Waals surface area contributed by atoms with Gasteiger partial charge in [0.25, 0.3) is 0 Å². The molecule has 1 saturated heterocycles. The van der Waals surface area contributed by atoms with Gasteiger partial charge < -0.3 is 4.90 Å². The smallest absolute Gasteiger partial charge is 0.0542 e. The summed E-state index contributed by atoms with van der Waals surface area (Å²) in [5.41, 5.74) is 2.36. The van der Waals surface area contributed by atoms with Gasteiger partial charge in [0, 0.05) is 23.8 Å². The molecular weight excluding hydrogens is 282 g/mol. The van der Waals surface area contributed by atoms with Crippen LogP contribution in [0.25, 0.3) is 0 Å². The van der Waals surface area contributed by atoms with Gasteiger partial charge in [-0.25, -0.2) is 0 Å². The number of anilines is 1. The summed E-state index contributed by atoms with van der Waals surface area (Å²) in [6.07, 6.45) is 1.93. The van der Waals surface area contributed by atoms with E-state index in [9.17, 15) is 0 Å². The lowest BCUT2D eigenvalue weighted by molar-refractivity contribution is 0.272. The molecule has 0 spiro atoms. The molecule has 108 valence electrons. The maximum absolute atomic E-state index is 5.93. The van der Waals surface area contributed by atoms with Gasteiger partial charge in [0.15, 0.2) is 0 Å². The van der Waals surface area contributed by atoms with Crippen LogP contribution in [-0.2, 0) is 0 Å². The molecule has 1 aliphatic heterocycles. The summed E-state index contributed by atoms with van der Waals surface area (Å²) in [6.45, 7) is 3.83. The van der Waals surface area contributed by atoms with E-state index < -0.39 is 0 Å². The second-order valence-corrected chi connectivity index (χ2v) is 5.51. The van der Waals surface area contributed by atoms with Gasteiger partial charge in [-0.1, -0.05) is 41.9 Å². The van der Waals surface area contributed by atoms with Crippen molar-refractivity contribution >= 4 is 23.5 Å². The quantitative estimate of drug-likeness (QED) is 0.808. The van der Waals surface area contributed by atoms with Gasteiger partial charge in [0.05, 0.1) is 19.3 Å². The third-order valence-electron chi connectivity index (χ3n) is 3.62. The molecule has 3 nitrogen and oxygen atoms in total. The van der Waals surface area contributed by atoms with Crippen molar-refractivity contribution in [2.24, 2.45) is 5.10 Å². The van der Waals surface area contributed by atoms with E-state index in [1.165, 1.54) is 5.69 Å². The zero-order valence-electron chi connectivity index (χ0n) is 11.8. The number of hydrogen-bond acceptors (Lipinski definition) is 3. The van der Waals surface area contributed by atoms with Crippen molar-refractivity contribution in [1.29, 1.82) is 0 Å². The minimum atomic E-state index is 0.782. The highest BCUT2D eigenvalue weighted by molar-refractivity contribution is 6.30. The zero-order valence-corrected chi connectivity index (χ0v) is 12.6. The van der Waals surface area contributed by atoms with Crippen LogP contribution in [0.5, 0.6) is 0 Å². The van der Waals surface area contributed by atoms with E-state index >= 15 is 0 Å². The molecule has 0 radical (unpaired) electrons. The highest BCUT2D eigenvalue weighted by Gasteiger charge is 2.15. The summed E-state index contributed by atoms with van der Waals surface area (Å²) < 4.78 is 0. The molecule has 4 heteroatoms. The van der Waals surface area contributed by atoms with Gasteiger partial charge in [0.2, 0.25) is 0 Å². The van der Waals surface area contributed by atoms with E-state index in [-0.39, 0.29) is 0 Å². The number of nitrogens with zero attached hydrogens (tertiary/aromatic N) is 3. The highest BCUT2D eigenvalue weighted by atomic mass is 35.5. The van der Waals surface area contributed by atoms with Crippen LogP contribution in [0.15, 0.2) is 59.7 Å². The number of hydrogen-bond donors (Lipinski definition) is 0. The fraction of sp³-hybridized carbons (Fsp3) is 0.235. The molecular formula is C17H18ClN3. The summed E-state index contributed by atoms with van der Waals surface area (Å²) >= 11 is 5.93. The van der Waals surface area contributed by atoms with Crippen LogP contribution >= 0.6 is 11.6 Å². The average molecular weight is 300 g/mol. The minimum absolute atomic E-state index is 0.782. The van der Waals surface area contributed by atoms with Crippen molar-refractivity contribution in [3.63, 3.8) is 0 Å². The Balaban J connectivity index is 1.55.